The Hall–Kier alpha value is -1.65. The van der Waals surface area contributed by atoms with Crippen molar-refractivity contribution < 1.29 is 0 Å². The zero-order valence-electron chi connectivity index (χ0n) is 12.2. The number of aryl methyl sites for hydroxylation is 2. The molecule has 3 nitrogen and oxygen atoms in total. The van der Waals surface area contributed by atoms with E-state index in [0.717, 1.165) is 27.8 Å². The molecule has 4 heteroatoms. The Balaban J connectivity index is 1.89. The first-order chi connectivity index (χ1) is 10.0. The molecule has 21 heavy (non-hydrogen) atoms. The minimum atomic E-state index is -0.0205. The summed E-state index contributed by atoms with van der Waals surface area (Å²) in [4.78, 5) is 0. The lowest BCUT2D eigenvalue weighted by molar-refractivity contribution is 0.640. The summed E-state index contributed by atoms with van der Waals surface area (Å²) in [7, 11) is 1.97. The minimum Gasteiger partial charge on any atom is -0.324 e. The lowest BCUT2D eigenvalue weighted by atomic mass is 9.99. The first-order valence-electron chi connectivity index (χ1n) is 6.97. The lowest BCUT2D eigenvalue weighted by Gasteiger charge is -2.13. The van der Waals surface area contributed by atoms with Crippen LogP contribution in [-0.4, -0.2) is 9.78 Å². The molecule has 0 fully saturated rings. The highest BCUT2D eigenvalue weighted by Crippen LogP contribution is 2.24. The normalized spacial score (nSPS) is 12.8. The smallest absolute Gasteiger partial charge is 0.0596 e. The Kier molecular flexibility index (Phi) is 3.83. The van der Waals surface area contributed by atoms with Crippen molar-refractivity contribution in [1.29, 1.82) is 0 Å². The predicted molar refractivity (Wildman–Crippen MR) is 90.2 cm³/mol. The molecular formula is C17H18BrN3. The van der Waals surface area contributed by atoms with Gasteiger partial charge in [-0.2, -0.15) is 5.10 Å². The summed E-state index contributed by atoms with van der Waals surface area (Å²) >= 11 is 3.50. The molecule has 1 unspecified atom stereocenters. The summed E-state index contributed by atoms with van der Waals surface area (Å²) in [6.07, 6.45) is 0.791. The van der Waals surface area contributed by atoms with Gasteiger partial charge < -0.3 is 5.73 Å². The molecule has 108 valence electrons. The molecule has 0 aliphatic carbocycles. The molecule has 1 atom stereocenters. The highest BCUT2D eigenvalue weighted by Gasteiger charge is 2.11. The quantitative estimate of drug-likeness (QED) is 0.783. The number of fused-ring (bicyclic) bond motifs is 1. The van der Waals surface area contributed by atoms with Gasteiger partial charge in [0.1, 0.15) is 0 Å². The van der Waals surface area contributed by atoms with Crippen LogP contribution >= 0.6 is 15.9 Å². The van der Waals surface area contributed by atoms with Gasteiger partial charge in [0.2, 0.25) is 0 Å². The summed E-state index contributed by atoms with van der Waals surface area (Å²) in [5.41, 5.74) is 9.73. The Morgan fingerprint density at radius 3 is 2.57 bits per heavy atom. The van der Waals surface area contributed by atoms with Crippen LogP contribution in [0.3, 0.4) is 0 Å². The number of rotatable bonds is 3. The first kappa shape index (κ1) is 14.3. The van der Waals surface area contributed by atoms with Crippen LogP contribution in [0.5, 0.6) is 0 Å². The zero-order chi connectivity index (χ0) is 15.0. The number of halogens is 1. The molecule has 0 radical (unpaired) electrons. The van der Waals surface area contributed by atoms with Crippen molar-refractivity contribution in [3.63, 3.8) is 0 Å². The number of hydrogen-bond acceptors (Lipinski definition) is 2. The van der Waals surface area contributed by atoms with Crippen molar-refractivity contribution in [2.24, 2.45) is 12.8 Å². The highest BCUT2D eigenvalue weighted by molar-refractivity contribution is 9.10. The van der Waals surface area contributed by atoms with Crippen molar-refractivity contribution in [2.75, 3.05) is 0 Å². The van der Waals surface area contributed by atoms with Crippen LogP contribution in [0.2, 0.25) is 0 Å². The molecule has 1 aromatic heterocycles. The van der Waals surface area contributed by atoms with Crippen LogP contribution in [0.25, 0.3) is 10.8 Å². The molecule has 2 aromatic carbocycles. The maximum atomic E-state index is 6.38. The van der Waals surface area contributed by atoms with E-state index >= 15 is 0 Å². The fraction of sp³-hybridized carbons (Fsp3) is 0.235. The van der Waals surface area contributed by atoms with E-state index in [-0.39, 0.29) is 6.04 Å². The molecule has 3 rings (SSSR count). The molecule has 0 saturated carbocycles. The maximum absolute atomic E-state index is 6.38. The first-order valence-corrected chi connectivity index (χ1v) is 7.76. The third-order valence-electron chi connectivity index (χ3n) is 3.78. The van der Waals surface area contributed by atoms with E-state index in [1.165, 1.54) is 10.8 Å². The van der Waals surface area contributed by atoms with E-state index in [4.69, 9.17) is 5.73 Å². The molecule has 0 aliphatic rings. The number of benzene rings is 2. The van der Waals surface area contributed by atoms with Gasteiger partial charge in [-0.25, -0.2) is 0 Å². The standard InChI is InChI=1S/C17H18BrN3/c1-11-7-16(21(2)20-11)10-17(19)14-4-3-13-9-15(18)6-5-12(13)8-14/h3-9,17H,10,19H2,1-2H3. The molecule has 0 bridgehead atoms. The van der Waals surface area contributed by atoms with Crippen molar-refractivity contribution >= 4 is 26.7 Å². The third kappa shape index (κ3) is 3.01. The van der Waals surface area contributed by atoms with Gasteiger partial charge in [0.25, 0.3) is 0 Å². The van der Waals surface area contributed by atoms with Gasteiger partial charge >= 0.3 is 0 Å². The second-order valence-electron chi connectivity index (χ2n) is 5.46. The van der Waals surface area contributed by atoms with Gasteiger partial charge in [-0.15, -0.1) is 0 Å². The van der Waals surface area contributed by atoms with Crippen LogP contribution in [0.15, 0.2) is 46.9 Å². The molecular weight excluding hydrogens is 326 g/mol. The van der Waals surface area contributed by atoms with Crippen molar-refractivity contribution in [3.05, 3.63) is 63.9 Å². The summed E-state index contributed by atoms with van der Waals surface area (Å²) in [6.45, 7) is 2.00. The van der Waals surface area contributed by atoms with Crippen molar-refractivity contribution in [1.82, 2.24) is 9.78 Å². The van der Waals surface area contributed by atoms with Gasteiger partial charge in [-0.1, -0.05) is 34.1 Å². The second-order valence-corrected chi connectivity index (χ2v) is 6.38. The highest BCUT2D eigenvalue weighted by atomic mass is 79.9. The fourth-order valence-electron chi connectivity index (χ4n) is 2.66. The number of nitrogens with zero attached hydrogens (tertiary/aromatic N) is 2. The summed E-state index contributed by atoms with van der Waals surface area (Å²) in [5.74, 6) is 0. The average Bonchev–Trinajstić information content (AvgIpc) is 2.76. The Morgan fingerprint density at radius 2 is 1.86 bits per heavy atom. The van der Waals surface area contributed by atoms with E-state index in [9.17, 15) is 0 Å². The molecule has 0 spiro atoms. The number of aromatic nitrogens is 2. The van der Waals surface area contributed by atoms with Crippen LogP contribution in [0.4, 0.5) is 0 Å². The molecule has 1 heterocycles. The van der Waals surface area contributed by atoms with Crippen LogP contribution in [0.1, 0.15) is 23.0 Å². The number of nitrogens with two attached hydrogens (primary N) is 1. The number of hydrogen-bond donors (Lipinski definition) is 1. The van der Waals surface area contributed by atoms with E-state index < -0.39 is 0 Å². The zero-order valence-corrected chi connectivity index (χ0v) is 13.8. The molecule has 0 amide bonds. The SMILES string of the molecule is Cc1cc(CC(N)c2ccc3cc(Br)ccc3c2)n(C)n1. The Morgan fingerprint density at radius 1 is 1.14 bits per heavy atom. The van der Waals surface area contributed by atoms with E-state index in [0.29, 0.717) is 0 Å². The van der Waals surface area contributed by atoms with Crippen LogP contribution in [-0.2, 0) is 13.5 Å². The predicted octanol–water partition coefficient (Wildman–Crippen LogP) is 3.89. The monoisotopic (exact) mass is 343 g/mol. The summed E-state index contributed by atoms with van der Waals surface area (Å²) in [6, 6.07) is 14.8. The topological polar surface area (TPSA) is 43.8 Å². The molecule has 3 aromatic rings. The van der Waals surface area contributed by atoms with Gasteiger partial charge in [0, 0.05) is 29.7 Å². The molecule has 2 N–H and O–H groups in total. The second kappa shape index (κ2) is 5.62. The van der Waals surface area contributed by atoms with Gasteiger partial charge in [0.15, 0.2) is 0 Å². The third-order valence-corrected chi connectivity index (χ3v) is 4.28. The van der Waals surface area contributed by atoms with Crippen LogP contribution < -0.4 is 5.73 Å². The van der Waals surface area contributed by atoms with E-state index in [1.54, 1.807) is 0 Å². The van der Waals surface area contributed by atoms with Gasteiger partial charge in [-0.05, 0) is 47.5 Å². The lowest BCUT2D eigenvalue weighted by Crippen LogP contribution is -2.15. The van der Waals surface area contributed by atoms with E-state index in [2.05, 4.69) is 63.5 Å². The molecule has 0 aliphatic heterocycles. The Labute approximate surface area is 132 Å². The van der Waals surface area contributed by atoms with Gasteiger partial charge in [-0.3, -0.25) is 4.68 Å². The van der Waals surface area contributed by atoms with Crippen LogP contribution in [0, 0.1) is 6.92 Å². The van der Waals surface area contributed by atoms with E-state index in [1.807, 2.05) is 18.7 Å². The minimum absolute atomic E-state index is 0.0205. The summed E-state index contributed by atoms with van der Waals surface area (Å²) in [5, 5.41) is 6.81. The van der Waals surface area contributed by atoms with Crippen molar-refractivity contribution in [2.45, 2.75) is 19.4 Å². The largest absolute Gasteiger partial charge is 0.324 e. The van der Waals surface area contributed by atoms with Gasteiger partial charge in [0.05, 0.1) is 5.69 Å². The maximum Gasteiger partial charge on any atom is 0.0596 e. The summed E-state index contributed by atoms with van der Waals surface area (Å²) < 4.78 is 3.00. The average molecular weight is 344 g/mol. The molecule has 0 saturated heterocycles. The van der Waals surface area contributed by atoms with Crippen molar-refractivity contribution in [3.8, 4) is 0 Å². The fourth-order valence-corrected chi connectivity index (χ4v) is 3.04. The Bertz CT molecular complexity index is 792.